The molecule has 0 atom stereocenters. The average molecular weight is 500 g/mol. The molecule has 0 aromatic heterocycles. The number of aliphatic imine (C=N–C) groups is 1. The van der Waals surface area contributed by atoms with Gasteiger partial charge in [-0.1, -0.05) is 0 Å². The van der Waals surface area contributed by atoms with Gasteiger partial charge in [0.15, 0.2) is 15.8 Å². The molecule has 1 aliphatic rings. The number of nitrogens with one attached hydrogen (secondary N) is 2. The molecule has 25 heavy (non-hydrogen) atoms. The lowest BCUT2D eigenvalue weighted by atomic mass is 10.2. The molecule has 0 radical (unpaired) electrons. The largest absolute Gasteiger partial charge is 0.405 e. The number of nitrogens with zero attached hydrogens (tertiary/aromatic N) is 2. The molecule has 0 saturated carbocycles. The van der Waals surface area contributed by atoms with Crippen LogP contribution in [0, 0.1) is 0 Å². The van der Waals surface area contributed by atoms with Crippen LogP contribution in [0.15, 0.2) is 4.99 Å². The number of sulfone groups is 1. The summed E-state index contributed by atoms with van der Waals surface area (Å²) in [6.07, 6.45) is -4.48. The van der Waals surface area contributed by atoms with Gasteiger partial charge in [-0.2, -0.15) is 13.2 Å². The molecule has 0 spiro atoms. The highest BCUT2D eigenvalue weighted by Gasteiger charge is 2.41. The molecule has 0 aromatic rings. The lowest BCUT2D eigenvalue weighted by Gasteiger charge is -2.39. The number of halogens is 4. The summed E-state index contributed by atoms with van der Waals surface area (Å²) in [6.45, 7) is 4.00. The summed E-state index contributed by atoms with van der Waals surface area (Å²) in [7, 11) is -3.23. The lowest BCUT2D eigenvalue weighted by molar-refractivity contribution is -0.137. The van der Waals surface area contributed by atoms with Gasteiger partial charge in [0.1, 0.15) is 13.1 Å². The Bertz CT molecular complexity index is 594. The summed E-state index contributed by atoms with van der Waals surface area (Å²) in [4.78, 5) is 17.2. The Balaban J connectivity index is 0.00000576. The van der Waals surface area contributed by atoms with E-state index in [-0.39, 0.29) is 42.8 Å². The van der Waals surface area contributed by atoms with Crippen molar-refractivity contribution in [2.45, 2.75) is 31.7 Å². The third kappa shape index (κ3) is 7.54. The van der Waals surface area contributed by atoms with Crippen molar-refractivity contribution in [2.24, 2.45) is 4.99 Å². The predicted molar refractivity (Wildman–Crippen MR) is 99.9 cm³/mol. The first kappa shape index (κ1) is 24.2. The van der Waals surface area contributed by atoms with E-state index in [0.717, 1.165) is 0 Å². The van der Waals surface area contributed by atoms with Crippen molar-refractivity contribution in [2.75, 3.05) is 38.5 Å². The molecule has 0 bridgehead atoms. The Labute approximate surface area is 162 Å². The van der Waals surface area contributed by atoms with E-state index in [1.165, 1.54) is 0 Å². The highest BCUT2D eigenvalue weighted by molar-refractivity contribution is 14.0. The smallest absolute Gasteiger partial charge is 0.357 e. The Morgan fingerprint density at radius 2 is 1.88 bits per heavy atom. The minimum atomic E-state index is -4.48. The molecule has 1 amide bonds. The molecule has 148 valence electrons. The third-order valence-electron chi connectivity index (χ3n) is 3.54. The number of carbonyl (C=O) groups is 1. The van der Waals surface area contributed by atoms with Gasteiger partial charge in [0, 0.05) is 19.6 Å². The zero-order valence-corrected chi connectivity index (χ0v) is 17.5. The molecule has 1 fully saturated rings. The Kier molecular flexibility index (Phi) is 8.94. The van der Waals surface area contributed by atoms with Gasteiger partial charge in [-0.25, -0.2) is 13.4 Å². The fourth-order valence-electron chi connectivity index (χ4n) is 2.15. The standard InChI is InChI=1S/C13H23F3N4O3S.HI/c1-4-17-11(18-7-10(21)19-8-13(14,15)16)20-5-6-24(22,23)12(2,3)9-20;/h4-9H2,1-3H3,(H,17,18)(H,19,21);1H. The van der Waals surface area contributed by atoms with E-state index >= 15 is 0 Å². The molecule has 1 rings (SSSR count). The van der Waals surface area contributed by atoms with Crippen molar-refractivity contribution < 1.29 is 26.4 Å². The fraction of sp³-hybridized carbons (Fsp3) is 0.846. The van der Waals surface area contributed by atoms with E-state index < -0.39 is 39.8 Å². The maximum Gasteiger partial charge on any atom is 0.405 e. The fourth-order valence-corrected chi connectivity index (χ4v) is 3.52. The van der Waals surface area contributed by atoms with E-state index in [0.29, 0.717) is 12.5 Å². The second-order valence-electron chi connectivity index (χ2n) is 6.06. The van der Waals surface area contributed by atoms with Gasteiger partial charge in [-0.3, -0.25) is 4.79 Å². The van der Waals surface area contributed by atoms with Crippen LogP contribution in [0.2, 0.25) is 0 Å². The van der Waals surface area contributed by atoms with Crippen LogP contribution >= 0.6 is 24.0 Å². The van der Waals surface area contributed by atoms with Crippen LogP contribution in [-0.2, 0) is 14.6 Å². The van der Waals surface area contributed by atoms with E-state index in [9.17, 15) is 26.4 Å². The summed E-state index contributed by atoms with van der Waals surface area (Å²) >= 11 is 0. The SMILES string of the molecule is CCNC(=NCC(=O)NCC(F)(F)F)N1CCS(=O)(=O)C(C)(C)C1.I. The molecule has 1 heterocycles. The first-order valence-electron chi connectivity index (χ1n) is 7.47. The van der Waals surface area contributed by atoms with E-state index in [4.69, 9.17) is 0 Å². The Morgan fingerprint density at radius 3 is 2.36 bits per heavy atom. The zero-order chi connectivity index (χ0) is 18.6. The molecule has 0 aliphatic carbocycles. The lowest BCUT2D eigenvalue weighted by Crippen LogP contribution is -2.57. The van der Waals surface area contributed by atoms with Crippen molar-refractivity contribution in [1.29, 1.82) is 0 Å². The van der Waals surface area contributed by atoms with Gasteiger partial charge in [-0.05, 0) is 20.8 Å². The molecule has 7 nitrogen and oxygen atoms in total. The first-order chi connectivity index (χ1) is 10.9. The monoisotopic (exact) mass is 500 g/mol. The number of carbonyl (C=O) groups excluding carboxylic acids is 1. The molecule has 12 heteroatoms. The normalized spacial score (nSPS) is 19.8. The van der Waals surface area contributed by atoms with Crippen molar-refractivity contribution >= 4 is 45.7 Å². The van der Waals surface area contributed by atoms with Crippen molar-refractivity contribution in [1.82, 2.24) is 15.5 Å². The highest BCUT2D eigenvalue weighted by atomic mass is 127. The summed E-state index contributed by atoms with van der Waals surface area (Å²) < 4.78 is 59.2. The average Bonchev–Trinajstić information content (AvgIpc) is 2.43. The number of amides is 1. The molecular weight excluding hydrogens is 476 g/mol. The Hall–Kier alpha value is -0.790. The maximum absolute atomic E-state index is 12.1. The van der Waals surface area contributed by atoms with Crippen LogP contribution in [0.25, 0.3) is 0 Å². The summed E-state index contributed by atoms with van der Waals surface area (Å²) in [5.74, 6) is -0.598. The molecule has 1 aliphatic heterocycles. The van der Waals surface area contributed by atoms with Crippen LogP contribution in [0.4, 0.5) is 13.2 Å². The predicted octanol–water partition coefficient (Wildman–Crippen LogP) is 0.757. The molecule has 1 saturated heterocycles. The number of guanidine groups is 1. The molecule has 0 aromatic carbocycles. The van der Waals surface area contributed by atoms with Gasteiger partial charge >= 0.3 is 6.18 Å². The van der Waals surface area contributed by atoms with Crippen molar-refractivity contribution in [3.8, 4) is 0 Å². The quantitative estimate of drug-likeness (QED) is 0.338. The number of hydrogen-bond donors (Lipinski definition) is 2. The number of hydrogen-bond acceptors (Lipinski definition) is 4. The topological polar surface area (TPSA) is 90.9 Å². The molecular formula is C13H24F3IN4O3S. The van der Waals surface area contributed by atoms with Gasteiger partial charge in [0.25, 0.3) is 0 Å². The summed E-state index contributed by atoms with van der Waals surface area (Å²) in [5.41, 5.74) is 0. The van der Waals surface area contributed by atoms with E-state index in [1.54, 1.807) is 31.0 Å². The van der Waals surface area contributed by atoms with Crippen LogP contribution in [0.3, 0.4) is 0 Å². The third-order valence-corrected chi connectivity index (χ3v) is 6.07. The van der Waals surface area contributed by atoms with Gasteiger partial charge in [0.05, 0.1) is 10.5 Å². The van der Waals surface area contributed by atoms with Crippen LogP contribution < -0.4 is 10.6 Å². The Morgan fingerprint density at radius 1 is 1.28 bits per heavy atom. The van der Waals surface area contributed by atoms with Crippen molar-refractivity contribution in [3.63, 3.8) is 0 Å². The number of rotatable bonds is 4. The van der Waals surface area contributed by atoms with Gasteiger partial charge in [0.2, 0.25) is 5.91 Å². The van der Waals surface area contributed by atoms with Crippen molar-refractivity contribution in [3.05, 3.63) is 0 Å². The van der Waals surface area contributed by atoms with Crippen LogP contribution in [-0.4, -0.2) is 74.6 Å². The van der Waals surface area contributed by atoms with Gasteiger partial charge < -0.3 is 15.5 Å². The first-order valence-corrected chi connectivity index (χ1v) is 9.12. The van der Waals surface area contributed by atoms with E-state index in [2.05, 4.69) is 10.3 Å². The zero-order valence-electron chi connectivity index (χ0n) is 14.3. The maximum atomic E-state index is 12.1. The second-order valence-corrected chi connectivity index (χ2v) is 8.81. The minimum absolute atomic E-state index is 0. The van der Waals surface area contributed by atoms with E-state index in [1.807, 2.05) is 0 Å². The van der Waals surface area contributed by atoms with Gasteiger partial charge in [-0.15, -0.1) is 24.0 Å². The second kappa shape index (κ2) is 9.24. The molecule has 2 N–H and O–H groups in total. The highest BCUT2D eigenvalue weighted by Crippen LogP contribution is 2.23. The minimum Gasteiger partial charge on any atom is -0.357 e. The number of alkyl halides is 3. The summed E-state index contributed by atoms with van der Waals surface area (Å²) in [6, 6.07) is 0. The van der Waals surface area contributed by atoms with Crippen LogP contribution in [0.1, 0.15) is 20.8 Å². The molecule has 0 unspecified atom stereocenters. The summed E-state index contributed by atoms with van der Waals surface area (Å²) in [5, 5.41) is 4.66. The van der Waals surface area contributed by atoms with Crippen LogP contribution in [0.5, 0.6) is 0 Å².